The number of rotatable bonds is 3. The second-order valence-corrected chi connectivity index (χ2v) is 5.12. The van der Waals surface area contributed by atoms with Crippen molar-refractivity contribution >= 4 is 23.4 Å². The zero-order valence-corrected chi connectivity index (χ0v) is 11.4. The van der Waals surface area contributed by atoms with Crippen molar-refractivity contribution in [3.05, 3.63) is 51.5 Å². The SMILES string of the molecule is C/C(=C\c1cc(-c2ccc(C#N)c(F)c2)cs1)C(=O)O. The summed E-state index contributed by atoms with van der Waals surface area (Å²) in [4.78, 5) is 11.5. The van der Waals surface area contributed by atoms with Crippen LogP contribution in [0.5, 0.6) is 0 Å². The van der Waals surface area contributed by atoms with Crippen molar-refractivity contribution in [2.75, 3.05) is 0 Å². The summed E-state index contributed by atoms with van der Waals surface area (Å²) < 4.78 is 13.6. The predicted octanol–water partition coefficient (Wildman–Crippen LogP) is 3.91. The van der Waals surface area contributed by atoms with E-state index in [1.807, 2.05) is 5.38 Å². The number of nitrogens with zero attached hydrogens (tertiary/aromatic N) is 1. The molecule has 0 atom stereocenters. The molecule has 1 heterocycles. The molecule has 100 valence electrons. The van der Waals surface area contributed by atoms with Gasteiger partial charge in [0, 0.05) is 10.5 Å². The highest BCUT2D eigenvalue weighted by Crippen LogP contribution is 2.28. The third-order valence-electron chi connectivity index (χ3n) is 2.74. The minimum Gasteiger partial charge on any atom is -0.478 e. The van der Waals surface area contributed by atoms with Gasteiger partial charge in [-0.2, -0.15) is 5.26 Å². The third kappa shape index (κ3) is 2.92. The van der Waals surface area contributed by atoms with Crippen LogP contribution in [0.1, 0.15) is 17.4 Å². The van der Waals surface area contributed by atoms with Gasteiger partial charge < -0.3 is 5.11 Å². The van der Waals surface area contributed by atoms with E-state index in [0.29, 0.717) is 5.56 Å². The van der Waals surface area contributed by atoms with E-state index in [4.69, 9.17) is 10.4 Å². The Labute approximate surface area is 119 Å². The average Bonchev–Trinajstić information content (AvgIpc) is 2.87. The molecule has 0 fully saturated rings. The van der Waals surface area contributed by atoms with Crippen molar-refractivity contribution in [3.8, 4) is 17.2 Å². The lowest BCUT2D eigenvalue weighted by atomic mass is 10.1. The summed E-state index contributed by atoms with van der Waals surface area (Å²) in [5.74, 6) is -1.53. The number of carboxylic acids is 1. The van der Waals surface area contributed by atoms with E-state index in [1.54, 1.807) is 24.3 Å². The monoisotopic (exact) mass is 287 g/mol. The van der Waals surface area contributed by atoms with Gasteiger partial charge in [0.15, 0.2) is 0 Å². The predicted molar refractivity (Wildman–Crippen MR) is 75.7 cm³/mol. The highest BCUT2D eigenvalue weighted by atomic mass is 32.1. The Morgan fingerprint density at radius 2 is 2.15 bits per heavy atom. The van der Waals surface area contributed by atoms with Crippen LogP contribution in [-0.2, 0) is 4.79 Å². The summed E-state index contributed by atoms with van der Waals surface area (Å²) in [6.45, 7) is 1.52. The minimum absolute atomic E-state index is 0.00539. The van der Waals surface area contributed by atoms with E-state index in [9.17, 15) is 9.18 Å². The fraction of sp³-hybridized carbons (Fsp3) is 0.0667. The molecular formula is C15H10FNO2S. The van der Waals surface area contributed by atoms with Crippen molar-refractivity contribution in [1.82, 2.24) is 0 Å². The first kappa shape index (κ1) is 14.0. The van der Waals surface area contributed by atoms with E-state index in [0.717, 1.165) is 10.4 Å². The van der Waals surface area contributed by atoms with E-state index >= 15 is 0 Å². The lowest BCUT2D eigenvalue weighted by molar-refractivity contribution is -0.132. The van der Waals surface area contributed by atoms with Crippen LogP contribution in [0.15, 0.2) is 35.2 Å². The van der Waals surface area contributed by atoms with Crippen molar-refractivity contribution in [1.29, 1.82) is 5.26 Å². The Morgan fingerprint density at radius 1 is 1.40 bits per heavy atom. The maximum Gasteiger partial charge on any atom is 0.331 e. The quantitative estimate of drug-likeness (QED) is 0.870. The normalized spacial score (nSPS) is 11.2. The molecule has 0 radical (unpaired) electrons. The average molecular weight is 287 g/mol. The molecule has 0 amide bonds. The molecular weight excluding hydrogens is 277 g/mol. The third-order valence-corrected chi connectivity index (χ3v) is 3.62. The lowest BCUT2D eigenvalue weighted by Gasteiger charge is -1.99. The summed E-state index contributed by atoms with van der Waals surface area (Å²) in [6, 6.07) is 7.96. The fourth-order valence-electron chi connectivity index (χ4n) is 1.64. The minimum atomic E-state index is -0.968. The van der Waals surface area contributed by atoms with Crippen LogP contribution in [0.4, 0.5) is 4.39 Å². The van der Waals surface area contributed by atoms with Crippen molar-refractivity contribution in [2.45, 2.75) is 6.92 Å². The van der Waals surface area contributed by atoms with Crippen LogP contribution in [0, 0.1) is 17.1 Å². The Balaban J connectivity index is 2.34. The van der Waals surface area contributed by atoms with E-state index < -0.39 is 11.8 Å². The van der Waals surface area contributed by atoms with Gasteiger partial charge in [-0.3, -0.25) is 0 Å². The van der Waals surface area contributed by atoms with Gasteiger partial charge in [0.25, 0.3) is 0 Å². The van der Waals surface area contributed by atoms with Crippen LogP contribution >= 0.6 is 11.3 Å². The molecule has 0 spiro atoms. The van der Waals surface area contributed by atoms with Crippen molar-refractivity contribution in [3.63, 3.8) is 0 Å². The van der Waals surface area contributed by atoms with E-state index in [-0.39, 0.29) is 11.1 Å². The molecule has 0 aliphatic rings. The summed E-state index contributed by atoms with van der Waals surface area (Å²) in [6.07, 6.45) is 1.57. The van der Waals surface area contributed by atoms with Crippen LogP contribution in [0.2, 0.25) is 0 Å². The highest BCUT2D eigenvalue weighted by molar-refractivity contribution is 7.11. The second kappa shape index (κ2) is 5.68. The van der Waals surface area contributed by atoms with Crippen LogP contribution < -0.4 is 0 Å². The Hall–Kier alpha value is -2.45. The van der Waals surface area contributed by atoms with Gasteiger partial charge in [-0.25, -0.2) is 9.18 Å². The summed E-state index contributed by atoms with van der Waals surface area (Å²) >= 11 is 1.38. The molecule has 0 saturated carbocycles. The molecule has 3 nitrogen and oxygen atoms in total. The van der Waals surface area contributed by atoms with Gasteiger partial charge >= 0.3 is 5.97 Å². The maximum absolute atomic E-state index is 13.6. The Kier molecular flexibility index (Phi) is 3.97. The van der Waals surface area contributed by atoms with E-state index in [2.05, 4.69) is 0 Å². The zero-order chi connectivity index (χ0) is 14.7. The number of nitriles is 1. The first-order valence-electron chi connectivity index (χ1n) is 5.71. The summed E-state index contributed by atoms with van der Waals surface area (Å²) in [5, 5.41) is 19.3. The first-order chi connectivity index (χ1) is 9.51. The molecule has 0 aliphatic carbocycles. The number of aliphatic carboxylic acids is 1. The molecule has 2 rings (SSSR count). The van der Waals surface area contributed by atoms with Crippen molar-refractivity contribution < 1.29 is 14.3 Å². The summed E-state index contributed by atoms with van der Waals surface area (Å²) in [5.41, 5.74) is 1.70. The number of carbonyl (C=O) groups is 1. The van der Waals surface area contributed by atoms with Gasteiger partial charge in [-0.1, -0.05) is 6.07 Å². The van der Waals surface area contributed by atoms with Gasteiger partial charge in [0.1, 0.15) is 11.9 Å². The second-order valence-electron chi connectivity index (χ2n) is 4.18. The van der Waals surface area contributed by atoms with Gasteiger partial charge in [0.2, 0.25) is 0 Å². The van der Waals surface area contributed by atoms with Crippen LogP contribution in [0.3, 0.4) is 0 Å². The molecule has 1 N–H and O–H groups in total. The smallest absolute Gasteiger partial charge is 0.331 e. The number of thiophene rings is 1. The molecule has 1 aromatic carbocycles. The largest absolute Gasteiger partial charge is 0.478 e. The zero-order valence-electron chi connectivity index (χ0n) is 10.6. The number of benzene rings is 1. The van der Waals surface area contributed by atoms with Crippen LogP contribution in [0.25, 0.3) is 17.2 Å². The Morgan fingerprint density at radius 3 is 2.75 bits per heavy atom. The number of carboxylic acid groups (broad SMARTS) is 1. The lowest BCUT2D eigenvalue weighted by Crippen LogP contribution is -1.94. The Bertz CT molecular complexity index is 741. The molecule has 2 aromatic rings. The van der Waals surface area contributed by atoms with Gasteiger partial charge in [-0.15, -0.1) is 11.3 Å². The van der Waals surface area contributed by atoms with Gasteiger partial charge in [0.05, 0.1) is 5.56 Å². The number of hydrogen-bond acceptors (Lipinski definition) is 3. The van der Waals surface area contributed by atoms with Gasteiger partial charge in [-0.05, 0) is 47.7 Å². The topological polar surface area (TPSA) is 61.1 Å². The molecule has 1 aromatic heterocycles. The molecule has 0 aliphatic heterocycles. The van der Waals surface area contributed by atoms with Crippen molar-refractivity contribution in [2.24, 2.45) is 0 Å². The molecule has 5 heteroatoms. The molecule has 20 heavy (non-hydrogen) atoms. The number of hydrogen-bond donors (Lipinski definition) is 1. The molecule has 0 unspecified atom stereocenters. The highest BCUT2D eigenvalue weighted by Gasteiger charge is 2.07. The summed E-state index contributed by atoms with van der Waals surface area (Å²) in [7, 11) is 0. The standard InChI is InChI=1S/C15H10FNO2S/c1-9(15(18)19)4-13-5-12(8-20-13)10-2-3-11(7-17)14(16)6-10/h2-6,8H,1H3,(H,18,19)/b9-4+. The maximum atomic E-state index is 13.6. The fourth-order valence-corrected chi connectivity index (χ4v) is 2.55. The van der Waals surface area contributed by atoms with E-state index in [1.165, 1.54) is 30.4 Å². The molecule has 0 saturated heterocycles. The molecule has 0 bridgehead atoms. The first-order valence-corrected chi connectivity index (χ1v) is 6.59. The number of halogens is 1. The van der Waals surface area contributed by atoms with Crippen LogP contribution in [-0.4, -0.2) is 11.1 Å².